The van der Waals surface area contributed by atoms with Crippen molar-refractivity contribution in [1.82, 2.24) is 14.7 Å². The molecule has 0 saturated carbocycles. The highest BCUT2D eigenvalue weighted by Crippen LogP contribution is 2.31. The number of aliphatic carboxylic acids is 1. The van der Waals surface area contributed by atoms with E-state index in [1.165, 1.54) is 0 Å². The van der Waals surface area contributed by atoms with Gasteiger partial charge in [0, 0.05) is 25.7 Å². The van der Waals surface area contributed by atoms with Crippen molar-refractivity contribution in [3.8, 4) is 0 Å². The van der Waals surface area contributed by atoms with Crippen molar-refractivity contribution in [3.63, 3.8) is 0 Å². The molecule has 6 nitrogen and oxygen atoms in total. The van der Waals surface area contributed by atoms with E-state index in [0.29, 0.717) is 13.0 Å². The third-order valence-corrected chi connectivity index (χ3v) is 4.78. The molecule has 0 aliphatic carbocycles. The summed E-state index contributed by atoms with van der Waals surface area (Å²) in [7, 11) is 4.01. The summed E-state index contributed by atoms with van der Waals surface area (Å²) in [5, 5.41) is 9.55. The highest BCUT2D eigenvalue weighted by molar-refractivity contribution is 5.86. The summed E-state index contributed by atoms with van der Waals surface area (Å²) < 4.78 is 0. The minimum Gasteiger partial charge on any atom is -0.480 e. The highest BCUT2D eigenvalue weighted by Gasteiger charge is 2.46. The Labute approximate surface area is 126 Å². The standard InChI is InChI=1S/C15H27N3O3/c1-15(13(19)20)8-4-5-10-18(15)14(21)17-9-6-7-12(17)11-16(2)3/h12H,4-11H2,1-3H3,(H,19,20). The summed E-state index contributed by atoms with van der Waals surface area (Å²) in [6.45, 7) is 3.81. The van der Waals surface area contributed by atoms with Crippen molar-refractivity contribution in [2.75, 3.05) is 33.7 Å². The Morgan fingerprint density at radius 3 is 2.57 bits per heavy atom. The molecule has 2 aliphatic heterocycles. The van der Waals surface area contributed by atoms with Crippen LogP contribution in [0, 0.1) is 0 Å². The molecule has 2 rings (SSSR count). The lowest BCUT2D eigenvalue weighted by Crippen LogP contribution is -2.61. The van der Waals surface area contributed by atoms with Gasteiger partial charge < -0.3 is 19.8 Å². The van der Waals surface area contributed by atoms with Gasteiger partial charge in [-0.05, 0) is 53.1 Å². The average molecular weight is 297 g/mol. The number of urea groups is 1. The molecule has 0 spiro atoms. The molecule has 2 heterocycles. The SMILES string of the molecule is CN(C)CC1CCCN1C(=O)N1CCCCC1(C)C(=O)O. The first kappa shape index (κ1) is 16.1. The van der Waals surface area contributed by atoms with E-state index in [-0.39, 0.29) is 12.1 Å². The molecule has 0 radical (unpaired) electrons. The molecule has 2 fully saturated rings. The zero-order chi connectivity index (χ0) is 15.6. The van der Waals surface area contributed by atoms with E-state index in [2.05, 4.69) is 4.90 Å². The number of likely N-dealkylation sites (tertiary alicyclic amines) is 2. The number of amides is 2. The van der Waals surface area contributed by atoms with Crippen LogP contribution >= 0.6 is 0 Å². The lowest BCUT2D eigenvalue weighted by Gasteiger charge is -2.44. The second-order valence-corrected chi connectivity index (χ2v) is 6.72. The Bertz CT molecular complexity index is 413. The molecule has 2 unspecified atom stereocenters. The molecule has 2 saturated heterocycles. The van der Waals surface area contributed by atoms with Gasteiger partial charge in [-0.1, -0.05) is 0 Å². The predicted molar refractivity (Wildman–Crippen MR) is 80.3 cm³/mol. The summed E-state index contributed by atoms with van der Waals surface area (Å²) >= 11 is 0. The van der Waals surface area contributed by atoms with Gasteiger partial charge in [0.15, 0.2) is 0 Å². The lowest BCUT2D eigenvalue weighted by atomic mass is 9.89. The van der Waals surface area contributed by atoms with Gasteiger partial charge in [0.2, 0.25) is 0 Å². The third kappa shape index (κ3) is 3.15. The number of hydrogen-bond acceptors (Lipinski definition) is 3. The van der Waals surface area contributed by atoms with Crippen LogP contribution in [0.4, 0.5) is 4.79 Å². The Morgan fingerprint density at radius 2 is 1.95 bits per heavy atom. The maximum Gasteiger partial charge on any atom is 0.329 e. The molecule has 2 amide bonds. The zero-order valence-electron chi connectivity index (χ0n) is 13.3. The van der Waals surface area contributed by atoms with Crippen LogP contribution in [0.2, 0.25) is 0 Å². The number of hydrogen-bond donors (Lipinski definition) is 1. The van der Waals surface area contributed by atoms with E-state index in [1.54, 1.807) is 11.8 Å². The number of carboxylic acids is 1. The Morgan fingerprint density at radius 1 is 1.24 bits per heavy atom. The van der Waals surface area contributed by atoms with Gasteiger partial charge in [-0.15, -0.1) is 0 Å². The van der Waals surface area contributed by atoms with Crippen molar-refractivity contribution in [2.24, 2.45) is 0 Å². The monoisotopic (exact) mass is 297 g/mol. The van der Waals surface area contributed by atoms with Crippen LogP contribution in [0.5, 0.6) is 0 Å². The van der Waals surface area contributed by atoms with E-state index in [9.17, 15) is 14.7 Å². The maximum absolute atomic E-state index is 12.9. The number of carbonyl (C=O) groups excluding carboxylic acids is 1. The van der Waals surface area contributed by atoms with Gasteiger partial charge in [0.05, 0.1) is 0 Å². The average Bonchev–Trinajstić information content (AvgIpc) is 2.85. The van der Waals surface area contributed by atoms with Gasteiger partial charge >= 0.3 is 12.0 Å². The van der Waals surface area contributed by atoms with Gasteiger partial charge in [-0.25, -0.2) is 9.59 Å². The summed E-state index contributed by atoms with van der Waals surface area (Å²) in [5.74, 6) is -0.890. The number of carboxylic acid groups (broad SMARTS) is 1. The van der Waals surface area contributed by atoms with E-state index in [1.807, 2.05) is 19.0 Å². The smallest absolute Gasteiger partial charge is 0.329 e. The first-order valence-corrected chi connectivity index (χ1v) is 7.82. The number of nitrogens with zero attached hydrogens (tertiary/aromatic N) is 3. The van der Waals surface area contributed by atoms with Crippen molar-refractivity contribution in [3.05, 3.63) is 0 Å². The van der Waals surface area contributed by atoms with E-state index in [4.69, 9.17) is 0 Å². The topological polar surface area (TPSA) is 64.1 Å². The number of rotatable bonds is 3. The van der Waals surface area contributed by atoms with Gasteiger partial charge in [-0.2, -0.15) is 0 Å². The molecular formula is C15H27N3O3. The third-order valence-electron chi connectivity index (χ3n) is 4.78. The molecule has 120 valence electrons. The Hall–Kier alpha value is -1.30. The normalized spacial score (nSPS) is 30.0. The minimum absolute atomic E-state index is 0.0936. The molecule has 2 aliphatic rings. The van der Waals surface area contributed by atoms with Crippen LogP contribution in [0.25, 0.3) is 0 Å². The highest BCUT2D eigenvalue weighted by atomic mass is 16.4. The second-order valence-electron chi connectivity index (χ2n) is 6.72. The molecule has 1 N–H and O–H groups in total. The van der Waals surface area contributed by atoms with E-state index >= 15 is 0 Å². The number of carbonyl (C=O) groups is 2. The Balaban J connectivity index is 2.15. The lowest BCUT2D eigenvalue weighted by molar-refractivity contribution is -0.150. The van der Waals surface area contributed by atoms with Crippen molar-refractivity contribution in [1.29, 1.82) is 0 Å². The summed E-state index contributed by atoms with van der Waals surface area (Å²) in [6.07, 6.45) is 4.30. The Kier molecular flexibility index (Phi) is 4.76. The fraction of sp³-hybridized carbons (Fsp3) is 0.867. The predicted octanol–water partition coefficient (Wildman–Crippen LogP) is 1.46. The molecular weight excluding hydrogens is 270 g/mol. The molecule has 2 atom stereocenters. The fourth-order valence-corrected chi connectivity index (χ4v) is 3.50. The molecule has 0 bridgehead atoms. The number of likely N-dealkylation sites (N-methyl/N-ethyl adjacent to an activating group) is 1. The van der Waals surface area contributed by atoms with Crippen LogP contribution < -0.4 is 0 Å². The van der Waals surface area contributed by atoms with Crippen molar-refractivity contribution in [2.45, 2.75) is 50.6 Å². The zero-order valence-corrected chi connectivity index (χ0v) is 13.3. The largest absolute Gasteiger partial charge is 0.480 e. The molecule has 0 aromatic carbocycles. The molecule has 0 aromatic heterocycles. The van der Waals surface area contributed by atoms with Crippen LogP contribution in [0.15, 0.2) is 0 Å². The second kappa shape index (κ2) is 6.22. The molecule has 21 heavy (non-hydrogen) atoms. The summed E-state index contributed by atoms with van der Waals surface area (Å²) in [4.78, 5) is 30.1. The first-order chi connectivity index (χ1) is 9.86. The van der Waals surface area contributed by atoms with Gasteiger partial charge in [0.25, 0.3) is 0 Å². The summed E-state index contributed by atoms with van der Waals surface area (Å²) in [5.41, 5.74) is -1.05. The quantitative estimate of drug-likeness (QED) is 0.856. The van der Waals surface area contributed by atoms with Gasteiger partial charge in [0.1, 0.15) is 5.54 Å². The van der Waals surface area contributed by atoms with Crippen LogP contribution in [0.1, 0.15) is 39.0 Å². The minimum atomic E-state index is -1.05. The van der Waals surface area contributed by atoms with Crippen LogP contribution in [-0.2, 0) is 4.79 Å². The number of piperidine rings is 1. The van der Waals surface area contributed by atoms with Crippen LogP contribution in [-0.4, -0.2) is 77.1 Å². The van der Waals surface area contributed by atoms with E-state index < -0.39 is 11.5 Å². The van der Waals surface area contributed by atoms with E-state index in [0.717, 1.165) is 38.8 Å². The maximum atomic E-state index is 12.9. The van der Waals surface area contributed by atoms with Gasteiger partial charge in [-0.3, -0.25) is 0 Å². The van der Waals surface area contributed by atoms with Crippen LogP contribution in [0.3, 0.4) is 0 Å². The van der Waals surface area contributed by atoms with Crippen molar-refractivity contribution < 1.29 is 14.7 Å². The summed E-state index contributed by atoms with van der Waals surface area (Å²) in [6, 6.07) is 0.108. The first-order valence-electron chi connectivity index (χ1n) is 7.82. The fourth-order valence-electron chi connectivity index (χ4n) is 3.50. The molecule has 0 aromatic rings. The molecule has 6 heteroatoms. The van der Waals surface area contributed by atoms with Crippen molar-refractivity contribution >= 4 is 12.0 Å².